The molecule has 0 bridgehead atoms. The lowest BCUT2D eigenvalue weighted by atomic mass is 10.0. The molecule has 0 fully saturated rings. The van der Waals surface area contributed by atoms with Gasteiger partial charge in [0.1, 0.15) is 11.3 Å². The van der Waals surface area contributed by atoms with Crippen LogP contribution in [0.5, 0.6) is 0 Å². The zero-order valence-corrected chi connectivity index (χ0v) is 11.9. The summed E-state index contributed by atoms with van der Waals surface area (Å²) < 4.78 is 0. The van der Waals surface area contributed by atoms with Crippen molar-refractivity contribution in [1.82, 2.24) is 9.97 Å². The number of carboxylic acid groups (broad SMARTS) is 1. The lowest BCUT2D eigenvalue weighted by Crippen LogP contribution is -2.17. The maximum Gasteiger partial charge on any atom is 0.354 e. The monoisotopic (exact) mass is 294 g/mol. The lowest BCUT2D eigenvalue weighted by Gasteiger charge is -2.16. The summed E-state index contributed by atoms with van der Waals surface area (Å²) in [6.45, 7) is 3.31. The molecule has 20 heavy (non-hydrogen) atoms. The van der Waals surface area contributed by atoms with Gasteiger partial charge in [-0.2, -0.15) is 0 Å². The minimum atomic E-state index is -1.07. The first kappa shape index (κ1) is 16.1. The number of aliphatic hydroxyl groups is 1. The van der Waals surface area contributed by atoms with Crippen molar-refractivity contribution in [2.45, 2.75) is 19.4 Å². The number of pyridine rings is 2. The molecule has 106 valence electrons. The number of aromatic carboxylic acids is 1. The maximum absolute atomic E-state index is 10.9. The highest BCUT2D eigenvalue weighted by Gasteiger charge is 2.17. The summed E-state index contributed by atoms with van der Waals surface area (Å²) in [5.41, 5.74) is 1.05. The standard InChI is InChI=1S/C14H14N2O3.ClH/c1-14(2,19)12-4-3-10(8-16-12)9-5-6-15-11(7-9)13(17)18;/h3-8,19H,1-2H3,(H,17,18);1H. The second-order valence-electron chi connectivity index (χ2n) is 4.73. The zero-order chi connectivity index (χ0) is 14.0. The van der Waals surface area contributed by atoms with Gasteiger partial charge in [0.25, 0.3) is 0 Å². The zero-order valence-electron chi connectivity index (χ0n) is 11.1. The van der Waals surface area contributed by atoms with Crippen molar-refractivity contribution in [3.8, 4) is 11.1 Å². The van der Waals surface area contributed by atoms with Crippen molar-refractivity contribution in [3.05, 3.63) is 48.0 Å². The van der Waals surface area contributed by atoms with E-state index in [1.54, 1.807) is 38.2 Å². The third-order valence-electron chi connectivity index (χ3n) is 2.70. The van der Waals surface area contributed by atoms with Gasteiger partial charge in [0.15, 0.2) is 0 Å². The summed E-state index contributed by atoms with van der Waals surface area (Å²) in [5, 5.41) is 18.7. The van der Waals surface area contributed by atoms with Gasteiger partial charge < -0.3 is 10.2 Å². The minimum Gasteiger partial charge on any atom is -0.477 e. The van der Waals surface area contributed by atoms with Crippen molar-refractivity contribution in [1.29, 1.82) is 0 Å². The Kier molecular flexibility index (Phi) is 4.81. The molecule has 0 aliphatic carbocycles. The van der Waals surface area contributed by atoms with Gasteiger partial charge in [0.05, 0.1) is 5.69 Å². The third kappa shape index (κ3) is 3.53. The number of rotatable bonds is 3. The Hall–Kier alpha value is -1.98. The molecular formula is C14H15ClN2O3. The van der Waals surface area contributed by atoms with Gasteiger partial charge in [-0.15, -0.1) is 12.4 Å². The first-order valence-corrected chi connectivity index (χ1v) is 5.76. The average molecular weight is 295 g/mol. The SMILES string of the molecule is CC(C)(O)c1ccc(-c2ccnc(C(=O)O)c2)cn1.Cl. The van der Waals surface area contributed by atoms with Gasteiger partial charge in [-0.05, 0) is 37.6 Å². The van der Waals surface area contributed by atoms with E-state index in [0.29, 0.717) is 5.69 Å². The molecule has 2 heterocycles. The van der Waals surface area contributed by atoms with Crippen LogP contribution in [0, 0.1) is 0 Å². The van der Waals surface area contributed by atoms with Crippen molar-refractivity contribution >= 4 is 18.4 Å². The number of carboxylic acids is 1. The molecule has 0 saturated carbocycles. The molecular weight excluding hydrogens is 280 g/mol. The van der Waals surface area contributed by atoms with Crippen LogP contribution in [-0.2, 0) is 5.60 Å². The topological polar surface area (TPSA) is 83.3 Å². The Bertz CT molecular complexity index is 607. The molecule has 2 rings (SSSR count). The Balaban J connectivity index is 0.00000200. The molecule has 6 heteroatoms. The number of hydrogen-bond donors (Lipinski definition) is 2. The molecule has 0 aromatic carbocycles. The van der Waals surface area contributed by atoms with Crippen LogP contribution in [0.2, 0.25) is 0 Å². The highest BCUT2D eigenvalue weighted by Crippen LogP contribution is 2.22. The van der Waals surface area contributed by atoms with Gasteiger partial charge >= 0.3 is 5.97 Å². The third-order valence-corrected chi connectivity index (χ3v) is 2.70. The summed E-state index contributed by atoms with van der Waals surface area (Å²) in [6.07, 6.45) is 3.05. The van der Waals surface area contributed by atoms with Gasteiger partial charge in [0.2, 0.25) is 0 Å². The van der Waals surface area contributed by atoms with E-state index in [2.05, 4.69) is 9.97 Å². The van der Waals surface area contributed by atoms with Crippen LogP contribution in [0.4, 0.5) is 0 Å². The van der Waals surface area contributed by atoms with Crippen LogP contribution < -0.4 is 0 Å². The number of carbonyl (C=O) groups is 1. The molecule has 0 unspecified atom stereocenters. The van der Waals surface area contributed by atoms with E-state index in [1.165, 1.54) is 12.3 Å². The molecule has 0 saturated heterocycles. The Morgan fingerprint density at radius 1 is 1.15 bits per heavy atom. The summed E-state index contributed by atoms with van der Waals surface area (Å²) in [7, 11) is 0. The molecule has 5 nitrogen and oxygen atoms in total. The molecule has 0 spiro atoms. The second kappa shape index (κ2) is 5.98. The highest BCUT2D eigenvalue weighted by atomic mass is 35.5. The van der Waals surface area contributed by atoms with Gasteiger partial charge in [-0.1, -0.05) is 6.07 Å². The summed E-state index contributed by atoms with van der Waals surface area (Å²) in [6, 6.07) is 6.72. The van der Waals surface area contributed by atoms with Crippen LogP contribution in [0.3, 0.4) is 0 Å². The van der Waals surface area contributed by atoms with Crippen LogP contribution >= 0.6 is 12.4 Å². The maximum atomic E-state index is 10.9. The van der Waals surface area contributed by atoms with Crippen LogP contribution in [-0.4, -0.2) is 26.2 Å². The smallest absolute Gasteiger partial charge is 0.354 e. The van der Waals surface area contributed by atoms with Gasteiger partial charge in [-0.3, -0.25) is 4.98 Å². The van der Waals surface area contributed by atoms with E-state index in [9.17, 15) is 9.90 Å². The molecule has 2 N–H and O–H groups in total. The molecule has 0 aliphatic rings. The van der Waals surface area contributed by atoms with Crippen molar-refractivity contribution in [2.75, 3.05) is 0 Å². The first-order valence-electron chi connectivity index (χ1n) is 5.76. The Labute approximate surface area is 122 Å². The van der Waals surface area contributed by atoms with Gasteiger partial charge in [0, 0.05) is 18.0 Å². The fraction of sp³-hybridized carbons (Fsp3) is 0.214. The largest absolute Gasteiger partial charge is 0.477 e. The number of nitrogens with zero attached hydrogens (tertiary/aromatic N) is 2. The number of aromatic nitrogens is 2. The van der Waals surface area contributed by atoms with E-state index >= 15 is 0 Å². The van der Waals surface area contributed by atoms with Crippen molar-refractivity contribution in [3.63, 3.8) is 0 Å². The fourth-order valence-electron chi connectivity index (χ4n) is 1.65. The van der Waals surface area contributed by atoms with Crippen molar-refractivity contribution in [2.24, 2.45) is 0 Å². The molecule has 2 aromatic heterocycles. The van der Waals surface area contributed by atoms with E-state index in [4.69, 9.17) is 5.11 Å². The first-order chi connectivity index (χ1) is 8.88. The van der Waals surface area contributed by atoms with Gasteiger partial charge in [-0.25, -0.2) is 9.78 Å². The van der Waals surface area contributed by atoms with E-state index in [-0.39, 0.29) is 18.1 Å². The number of hydrogen-bond acceptors (Lipinski definition) is 4. The quantitative estimate of drug-likeness (QED) is 0.908. The predicted octanol–water partition coefficient (Wildman–Crippen LogP) is 2.49. The Morgan fingerprint density at radius 2 is 1.85 bits per heavy atom. The van der Waals surface area contributed by atoms with Crippen LogP contribution in [0.15, 0.2) is 36.7 Å². The summed E-state index contributed by atoms with van der Waals surface area (Å²) >= 11 is 0. The highest BCUT2D eigenvalue weighted by molar-refractivity contribution is 5.87. The minimum absolute atomic E-state index is 0. The summed E-state index contributed by atoms with van der Waals surface area (Å²) in [5.74, 6) is -1.07. The van der Waals surface area contributed by atoms with Crippen LogP contribution in [0.25, 0.3) is 11.1 Å². The Morgan fingerprint density at radius 3 is 2.35 bits per heavy atom. The van der Waals surface area contributed by atoms with E-state index in [1.807, 2.05) is 0 Å². The molecule has 0 amide bonds. The molecule has 2 aromatic rings. The number of halogens is 1. The second-order valence-corrected chi connectivity index (χ2v) is 4.73. The molecule has 0 radical (unpaired) electrons. The van der Waals surface area contributed by atoms with E-state index < -0.39 is 11.6 Å². The lowest BCUT2D eigenvalue weighted by molar-refractivity contribution is 0.0689. The molecule has 0 aliphatic heterocycles. The normalized spacial score (nSPS) is 10.8. The predicted molar refractivity (Wildman–Crippen MR) is 76.9 cm³/mol. The molecule has 0 atom stereocenters. The fourth-order valence-corrected chi connectivity index (χ4v) is 1.65. The van der Waals surface area contributed by atoms with Crippen LogP contribution in [0.1, 0.15) is 30.0 Å². The summed E-state index contributed by atoms with van der Waals surface area (Å²) in [4.78, 5) is 18.8. The average Bonchev–Trinajstić information content (AvgIpc) is 2.38. The van der Waals surface area contributed by atoms with E-state index in [0.717, 1.165) is 11.1 Å². The van der Waals surface area contributed by atoms with Crippen molar-refractivity contribution < 1.29 is 15.0 Å².